The second kappa shape index (κ2) is 12.1. The van der Waals surface area contributed by atoms with Gasteiger partial charge in [-0.25, -0.2) is 4.39 Å². The largest absolute Gasteiger partial charge is 0.361 e. The van der Waals surface area contributed by atoms with Crippen molar-refractivity contribution in [1.82, 2.24) is 14.8 Å². The maximum Gasteiger partial charge on any atom is 0.270 e. The topological polar surface area (TPSA) is 99.6 Å². The molecule has 0 saturated carbocycles. The first-order chi connectivity index (χ1) is 18.4. The average Bonchev–Trinajstić information content (AvgIpc) is 3.34. The fourth-order valence-electron chi connectivity index (χ4n) is 4.42. The van der Waals surface area contributed by atoms with Gasteiger partial charge in [0.1, 0.15) is 12.4 Å². The molecule has 0 spiro atoms. The average molecular weight is 517 g/mol. The lowest BCUT2D eigenvalue weighted by Gasteiger charge is -2.28. The highest BCUT2D eigenvalue weighted by Crippen LogP contribution is 2.20. The highest BCUT2D eigenvalue weighted by molar-refractivity contribution is 5.97. The van der Waals surface area contributed by atoms with E-state index in [-0.39, 0.29) is 36.1 Å². The van der Waals surface area contributed by atoms with Gasteiger partial charge in [0.25, 0.3) is 11.6 Å². The number of non-ortho nitro benzene ring substituents is 1. The molecule has 196 valence electrons. The van der Waals surface area contributed by atoms with E-state index in [1.807, 2.05) is 37.4 Å². The third-order valence-electron chi connectivity index (χ3n) is 6.38. The molecule has 3 aromatic carbocycles. The number of H-pyrrole nitrogens is 1. The number of benzene rings is 3. The van der Waals surface area contributed by atoms with Crippen molar-refractivity contribution in [3.8, 4) is 0 Å². The second-order valence-corrected chi connectivity index (χ2v) is 9.09. The summed E-state index contributed by atoms with van der Waals surface area (Å²) in [4.78, 5) is 43.8. The summed E-state index contributed by atoms with van der Waals surface area (Å²) in [6.07, 6.45) is 3.13. The molecule has 9 heteroatoms. The molecule has 2 amide bonds. The highest BCUT2D eigenvalue weighted by atomic mass is 19.1. The predicted octanol–water partition coefficient (Wildman–Crippen LogP) is 5.34. The molecule has 0 saturated heterocycles. The van der Waals surface area contributed by atoms with Crippen molar-refractivity contribution < 1.29 is 18.9 Å². The first kappa shape index (κ1) is 26.5. The molecular formula is C29H29FN4O4. The molecule has 8 nitrogen and oxygen atoms in total. The molecule has 0 unspecified atom stereocenters. The van der Waals surface area contributed by atoms with E-state index < -0.39 is 10.8 Å². The number of amides is 2. The Morgan fingerprint density at radius 2 is 1.74 bits per heavy atom. The summed E-state index contributed by atoms with van der Waals surface area (Å²) in [6, 6.07) is 19.4. The number of halogens is 1. The van der Waals surface area contributed by atoms with E-state index in [0.29, 0.717) is 25.9 Å². The van der Waals surface area contributed by atoms with E-state index >= 15 is 0 Å². The lowest BCUT2D eigenvalue weighted by atomic mass is 10.1. The van der Waals surface area contributed by atoms with Gasteiger partial charge >= 0.3 is 0 Å². The quantitative estimate of drug-likeness (QED) is 0.215. The fourth-order valence-corrected chi connectivity index (χ4v) is 4.42. The Hall–Kier alpha value is -4.53. The Bertz CT molecular complexity index is 1430. The van der Waals surface area contributed by atoms with Crippen LogP contribution >= 0.6 is 0 Å². The Morgan fingerprint density at radius 1 is 0.974 bits per heavy atom. The number of para-hydroxylation sites is 1. The molecule has 0 atom stereocenters. The summed E-state index contributed by atoms with van der Waals surface area (Å²) in [5.74, 6) is -1.06. The lowest BCUT2D eigenvalue weighted by Crippen LogP contribution is -2.43. The van der Waals surface area contributed by atoms with Gasteiger partial charge < -0.3 is 14.8 Å². The van der Waals surface area contributed by atoms with Crippen LogP contribution in [0.5, 0.6) is 0 Å². The van der Waals surface area contributed by atoms with Crippen LogP contribution in [0.3, 0.4) is 0 Å². The molecule has 0 radical (unpaired) electrons. The summed E-state index contributed by atoms with van der Waals surface area (Å²) in [5.41, 5.74) is 2.82. The molecule has 38 heavy (non-hydrogen) atoms. The number of hydrogen-bond acceptors (Lipinski definition) is 4. The van der Waals surface area contributed by atoms with Gasteiger partial charge in [0.05, 0.1) is 4.92 Å². The summed E-state index contributed by atoms with van der Waals surface area (Å²) in [6.45, 7) is 2.69. The number of fused-ring (bicyclic) bond motifs is 1. The van der Waals surface area contributed by atoms with Crippen molar-refractivity contribution >= 4 is 28.4 Å². The number of carbonyl (C=O) groups excluding carboxylic acids is 2. The van der Waals surface area contributed by atoms with Crippen LogP contribution in [0, 0.1) is 15.9 Å². The van der Waals surface area contributed by atoms with Gasteiger partial charge in [0, 0.05) is 54.4 Å². The third kappa shape index (κ3) is 6.42. The fraction of sp³-hybridized carbons (Fsp3) is 0.241. The van der Waals surface area contributed by atoms with E-state index in [1.165, 1.54) is 41.3 Å². The van der Waals surface area contributed by atoms with Gasteiger partial charge in [-0.05, 0) is 48.2 Å². The molecule has 1 aromatic heterocycles. The molecule has 4 rings (SSSR count). The van der Waals surface area contributed by atoms with E-state index in [0.717, 1.165) is 22.0 Å². The van der Waals surface area contributed by atoms with E-state index in [2.05, 4.69) is 4.98 Å². The molecular weight excluding hydrogens is 487 g/mol. The third-order valence-corrected chi connectivity index (χ3v) is 6.38. The first-order valence-electron chi connectivity index (χ1n) is 12.5. The van der Waals surface area contributed by atoms with Gasteiger partial charge in [0.15, 0.2) is 0 Å². The van der Waals surface area contributed by atoms with Gasteiger partial charge in [-0.2, -0.15) is 0 Å². The van der Waals surface area contributed by atoms with Crippen LogP contribution in [0.1, 0.15) is 34.8 Å². The molecule has 1 heterocycles. The van der Waals surface area contributed by atoms with Crippen LogP contribution < -0.4 is 0 Å². The molecule has 0 aliphatic rings. The zero-order valence-corrected chi connectivity index (χ0v) is 21.1. The molecule has 0 fully saturated rings. The van der Waals surface area contributed by atoms with E-state index in [4.69, 9.17) is 0 Å². The normalized spacial score (nSPS) is 10.9. The highest BCUT2D eigenvalue weighted by Gasteiger charge is 2.23. The minimum absolute atomic E-state index is 0.157. The van der Waals surface area contributed by atoms with Crippen LogP contribution in [0.25, 0.3) is 10.9 Å². The minimum atomic E-state index is -0.554. The molecule has 0 aliphatic carbocycles. The van der Waals surface area contributed by atoms with Crippen molar-refractivity contribution in [3.63, 3.8) is 0 Å². The van der Waals surface area contributed by atoms with Crippen molar-refractivity contribution in [3.05, 3.63) is 112 Å². The first-order valence-corrected chi connectivity index (χ1v) is 12.5. The van der Waals surface area contributed by atoms with Crippen molar-refractivity contribution in [2.24, 2.45) is 0 Å². The number of nitro groups is 1. The van der Waals surface area contributed by atoms with Crippen LogP contribution in [0.15, 0.2) is 79.0 Å². The number of rotatable bonds is 11. The van der Waals surface area contributed by atoms with Crippen molar-refractivity contribution in [1.29, 1.82) is 0 Å². The number of aromatic nitrogens is 1. The minimum Gasteiger partial charge on any atom is -0.361 e. The predicted molar refractivity (Wildman–Crippen MR) is 143 cm³/mol. The number of hydrogen-bond donors (Lipinski definition) is 1. The maximum absolute atomic E-state index is 13.6. The Kier molecular flexibility index (Phi) is 8.47. The molecule has 0 bridgehead atoms. The zero-order chi connectivity index (χ0) is 27.1. The molecule has 0 aliphatic heterocycles. The van der Waals surface area contributed by atoms with Gasteiger partial charge in [-0.15, -0.1) is 0 Å². The van der Waals surface area contributed by atoms with Gasteiger partial charge in [-0.3, -0.25) is 19.7 Å². The number of carbonyl (C=O) groups is 2. The van der Waals surface area contributed by atoms with E-state index in [9.17, 15) is 24.1 Å². The standard InChI is InChI=1S/C29H29FN4O4/c1-2-15-33(29(36)22-6-5-7-25(17-22)34(37)38)20-28(35)32(19-21-10-12-24(30)13-11-21)16-14-23-18-31-27-9-4-3-8-26(23)27/h3-13,17-18,31H,2,14-16,19-20H2,1H3. The van der Waals surface area contributed by atoms with Gasteiger partial charge in [-0.1, -0.05) is 43.3 Å². The summed E-state index contributed by atoms with van der Waals surface area (Å²) in [7, 11) is 0. The number of nitrogens with one attached hydrogen (secondary N) is 1. The molecule has 1 N–H and O–H groups in total. The SMILES string of the molecule is CCCN(CC(=O)N(CCc1c[nH]c2ccccc12)Cc1ccc(F)cc1)C(=O)c1cccc([N+](=O)[O-])c1. The summed E-state index contributed by atoms with van der Waals surface area (Å²) in [5, 5.41) is 12.3. The number of nitro benzene ring substituents is 1. The van der Waals surface area contributed by atoms with Crippen LogP contribution in [0.2, 0.25) is 0 Å². The van der Waals surface area contributed by atoms with Crippen LogP contribution in [0.4, 0.5) is 10.1 Å². The zero-order valence-electron chi connectivity index (χ0n) is 21.1. The maximum atomic E-state index is 13.6. The summed E-state index contributed by atoms with van der Waals surface area (Å²) < 4.78 is 13.5. The van der Waals surface area contributed by atoms with Crippen LogP contribution in [-0.2, 0) is 17.8 Å². The summed E-state index contributed by atoms with van der Waals surface area (Å²) >= 11 is 0. The second-order valence-electron chi connectivity index (χ2n) is 9.09. The monoisotopic (exact) mass is 516 g/mol. The Balaban J connectivity index is 1.54. The Labute approximate surface area is 219 Å². The number of aromatic amines is 1. The van der Waals surface area contributed by atoms with Crippen molar-refractivity contribution in [2.45, 2.75) is 26.3 Å². The van der Waals surface area contributed by atoms with Crippen LogP contribution in [-0.4, -0.2) is 51.2 Å². The molecule has 4 aromatic rings. The van der Waals surface area contributed by atoms with Gasteiger partial charge in [0.2, 0.25) is 5.91 Å². The lowest BCUT2D eigenvalue weighted by molar-refractivity contribution is -0.384. The van der Waals surface area contributed by atoms with Crippen molar-refractivity contribution in [2.75, 3.05) is 19.6 Å². The Morgan fingerprint density at radius 3 is 2.47 bits per heavy atom. The smallest absolute Gasteiger partial charge is 0.270 e. The number of nitrogens with zero attached hydrogens (tertiary/aromatic N) is 3. The van der Waals surface area contributed by atoms with E-state index in [1.54, 1.807) is 17.0 Å².